The van der Waals surface area contributed by atoms with Gasteiger partial charge in [-0.3, -0.25) is 0 Å². The van der Waals surface area contributed by atoms with Gasteiger partial charge in [-0.15, -0.1) is 11.3 Å². The number of nitrogens with one attached hydrogen (secondary N) is 1. The smallest absolute Gasteiger partial charge is 0.0931 e. The molecule has 0 saturated carbocycles. The van der Waals surface area contributed by atoms with Gasteiger partial charge in [-0.2, -0.15) is 11.8 Å². The van der Waals surface area contributed by atoms with Crippen LogP contribution in [-0.4, -0.2) is 18.6 Å². The van der Waals surface area contributed by atoms with Crippen molar-refractivity contribution in [1.82, 2.24) is 5.32 Å². The molecule has 1 N–H and O–H groups in total. The van der Waals surface area contributed by atoms with Crippen LogP contribution in [0.3, 0.4) is 0 Å². The Morgan fingerprint density at radius 2 is 2.43 bits per heavy atom. The third-order valence-corrected chi connectivity index (χ3v) is 3.87. The molecule has 80 valence electrons. The Kier molecular flexibility index (Phi) is 5.94. The lowest BCUT2D eigenvalue weighted by molar-refractivity contribution is 0.574. The molecule has 0 amide bonds. The Morgan fingerprint density at radius 3 is 3.00 bits per heavy atom. The van der Waals surface area contributed by atoms with E-state index in [-0.39, 0.29) is 0 Å². The van der Waals surface area contributed by atoms with Crippen molar-refractivity contribution in [2.45, 2.75) is 19.4 Å². The number of hydrogen-bond acceptors (Lipinski definition) is 3. The van der Waals surface area contributed by atoms with E-state index in [0.717, 1.165) is 10.9 Å². The van der Waals surface area contributed by atoms with Crippen molar-refractivity contribution >= 4 is 34.7 Å². The Bertz CT molecular complexity index is 262. The van der Waals surface area contributed by atoms with E-state index in [0.29, 0.717) is 6.04 Å². The summed E-state index contributed by atoms with van der Waals surface area (Å²) in [5.74, 6) is 1.23. The maximum absolute atomic E-state index is 5.88. The van der Waals surface area contributed by atoms with Gasteiger partial charge in [0.15, 0.2) is 0 Å². The van der Waals surface area contributed by atoms with E-state index in [2.05, 4.69) is 23.9 Å². The number of rotatable bonds is 6. The molecule has 1 unspecified atom stereocenters. The minimum Gasteiger partial charge on any atom is -0.310 e. The van der Waals surface area contributed by atoms with E-state index in [1.54, 1.807) is 11.3 Å². The lowest BCUT2D eigenvalue weighted by Gasteiger charge is -2.11. The van der Waals surface area contributed by atoms with Gasteiger partial charge in [-0.1, -0.05) is 11.6 Å². The summed E-state index contributed by atoms with van der Waals surface area (Å²) in [5, 5.41) is 5.60. The SMILES string of the molecule is CSCCCNC(C)c1csc(Cl)c1. The quantitative estimate of drug-likeness (QED) is 0.770. The van der Waals surface area contributed by atoms with Crippen molar-refractivity contribution in [2.75, 3.05) is 18.6 Å². The van der Waals surface area contributed by atoms with Crippen LogP contribution in [0.4, 0.5) is 0 Å². The van der Waals surface area contributed by atoms with Gasteiger partial charge in [-0.25, -0.2) is 0 Å². The second-order valence-electron chi connectivity index (χ2n) is 3.21. The van der Waals surface area contributed by atoms with Crippen molar-refractivity contribution in [2.24, 2.45) is 0 Å². The normalized spacial score (nSPS) is 13.1. The summed E-state index contributed by atoms with van der Waals surface area (Å²) >= 11 is 9.37. The predicted octanol–water partition coefficient (Wildman–Crippen LogP) is 3.81. The maximum atomic E-state index is 5.88. The summed E-state index contributed by atoms with van der Waals surface area (Å²) in [6.45, 7) is 3.26. The highest BCUT2D eigenvalue weighted by atomic mass is 35.5. The number of thiophene rings is 1. The first-order valence-corrected chi connectivity index (χ1v) is 7.35. The van der Waals surface area contributed by atoms with E-state index in [1.807, 2.05) is 17.8 Å². The molecule has 1 rings (SSSR count). The fourth-order valence-electron chi connectivity index (χ4n) is 1.20. The Morgan fingerprint density at radius 1 is 1.64 bits per heavy atom. The second-order valence-corrected chi connectivity index (χ2v) is 5.73. The number of halogens is 1. The van der Waals surface area contributed by atoms with E-state index in [4.69, 9.17) is 11.6 Å². The van der Waals surface area contributed by atoms with Gasteiger partial charge in [0.1, 0.15) is 0 Å². The van der Waals surface area contributed by atoms with Gasteiger partial charge < -0.3 is 5.32 Å². The van der Waals surface area contributed by atoms with Gasteiger partial charge in [0, 0.05) is 6.04 Å². The fraction of sp³-hybridized carbons (Fsp3) is 0.600. The highest BCUT2D eigenvalue weighted by Gasteiger charge is 2.05. The van der Waals surface area contributed by atoms with Crippen LogP contribution >= 0.6 is 34.7 Å². The van der Waals surface area contributed by atoms with E-state index >= 15 is 0 Å². The van der Waals surface area contributed by atoms with Crippen molar-refractivity contribution in [1.29, 1.82) is 0 Å². The molecule has 0 aromatic carbocycles. The third kappa shape index (κ3) is 4.22. The summed E-state index contributed by atoms with van der Waals surface area (Å²) in [6, 6.07) is 2.46. The van der Waals surface area contributed by atoms with Crippen LogP contribution in [0.5, 0.6) is 0 Å². The van der Waals surface area contributed by atoms with Crippen LogP contribution in [-0.2, 0) is 0 Å². The minimum atomic E-state index is 0.417. The van der Waals surface area contributed by atoms with Crippen LogP contribution in [0.1, 0.15) is 24.9 Å². The van der Waals surface area contributed by atoms with E-state index in [1.165, 1.54) is 17.7 Å². The molecule has 0 aliphatic heterocycles. The van der Waals surface area contributed by atoms with Crippen LogP contribution in [0.2, 0.25) is 4.34 Å². The Labute approximate surface area is 99.2 Å². The molecule has 14 heavy (non-hydrogen) atoms. The first kappa shape index (κ1) is 12.4. The summed E-state index contributed by atoms with van der Waals surface area (Å²) in [5.41, 5.74) is 1.30. The molecule has 4 heteroatoms. The largest absolute Gasteiger partial charge is 0.310 e. The molecule has 0 spiro atoms. The van der Waals surface area contributed by atoms with Gasteiger partial charge in [0.2, 0.25) is 0 Å². The molecule has 1 heterocycles. The fourth-order valence-corrected chi connectivity index (χ4v) is 2.62. The first-order chi connectivity index (χ1) is 6.74. The lowest BCUT2D eigenvalue weighted by atomic mass is 10.2. The zero-order valence-electron chi connectivity index (χ0n) is 8.55. The van der Waals surface area contributed by atoms with Gasteiger partial charge in [0.25, 0.3) is 0 Å². The van der Waals surface area contributed by atoms with Crippen LogP contribution in [0, 0.1) is 0 Å². The highest BCUT2D eigenvalue weighted by Crippen LogP contribution is 2.24. The summed E-state index contributed by atoms with van der Waals surface area (Å²) in [6.07, 6.45) is 3.37. The molecule has 0 saturated heterocycles. The standard InChI is InChI=1S/C10H16ClNS2/c1-8(12-4-3-5-13-2)9-6-10(11)14-7-9/h6-8,12H,3-5H2,1-2H3. The molecular weight excluding hydrogens is 234 g/mol. The zero-order chi connectivity index (χ0) is 10.4. The molecule has 0 aliphatic carbocycles. The van der Waals surface area contributed by atoms with Crippen molar-refractivity contribution in [3.05, 3.63) is 21.3 Å². The average molecular weight is 250 g/mol. The maximum Gasteiger partial charge on any atom is 0.0931 e. The van der Waals surface area contributed by atoms with Crippen LogP contribution in [0.15, 0.2) is 11.4 Å². The molecule has 1 aromatic heterocycles. The molecular formula is C10H16ClNS2. The Balaban J connectivity index is 2.25. The Hall–Kier alpha value is 0.300. The minimum absolute atomic E-state index is 0.417. The third-order valence-electron chi connectivity index (χ3n) is 2.06. The van der Waals surface area contributed by atoms with Gasteiger partial charge in [0.05, 0.1) is 4.34 Å². The summed E-state index contributed by atoms with van der Waals surface area (Å²) in [4.78, 5) is 0. The molecule has 0 radical (unpaired) electrons. The molecule has 1 atom stereocenters. The number of thioether (sulfide) groups is 1. The highest BCUT2D eigenvalue weighted by molar-refractivity contribution is 7.98. The van der Waals surface area contributed by atoms with Crippen molar-refractivity contribution in [3.63, 3.8) is 0 Å². The predicted molar refractivity (Wildman–Crippen MR) is 68.7 cm³/mol. The van der Waals surface area contributed by atoms with Crippen molar-refractivity contribution < 1.29 is 0 Å². The van der Waals surface area contributed by atoms with Crippen molar-refractivity contribution in [3.8, 4) is 0 Å². The lowest BCUT2D eigenvalue weighted by Crippen LogP contribution is -2.19. The van der Waals surface area contributed by atoms with E-state index in [9.17, 15) is 0 Å². The molecule has 1 nitrogen and oxygen atoms in total. The topological polar surface area (TPSA) is 12.0 Å². The molecule has 0 aliphatic rings. The van der Waals surface area contributed by atoms with Crippen LogP contribution in [0.25, 0.3) is 0 Å². The molecule has 0 fully saturated rings. The number of hydrogen-bond donors (Lipinski definition) is 1. The van der Waals surface area contributed by atoms with Gasteiger partial charge in [-0.05, 0) is 48.9 Å². The summed E-state index contributed by atoms with van der Waals surface area (Å²) < 4.78 is 0.873. The summed E-state index contributed by atoms with van der Waals surface area (Å²) in [7, 11) is 0. The first-order valence-electron chi connectivity index (χ1n) is 4.70. The molecule has 0 bridgehead atoms. The van der Waals surface area contributed by atoms with Gasteiger partial charge >= 0.3 is 0 Å². The van der Waals surface area contributed by atoms with E-state index < -0.39 is 0 Å². The monoisotopic (exact) mass is 249 g/mol. The zero-order valence-corrected chi connectivity index (χ0v) is 10.9. The average Bonchev–Trinajstić information content (AvgIpc) is 2.59. The van der Waals surface area contributed by atoms with Crippen LogP contribution < -0.4 is 5.32 Å². The second kappa shape index (κ2) is 6.72. The molecule has 1 aromatic rings.